The smallest absolute Gasteiger partial charge is 0.293 e. The maximum absolute atomic E-state index is 10.7. The van der Waals surface area contributed by atoms with Crippen LogP contribution in [0.5, 0.6) is 0 Å². The van der Waals surface area contributed by atoms with Gasteiger partial charge in [0, 0.05) is 11.5 Å². The van der Waals surface area contributed by atoms with E-state index < -0.39 is 4.92 Å². The molecule has 0 radical (unpaired) electrons. The van der Waals surface area contributed by atoms with Crippen LogP contribution in [0.2, 0.25) is 0 Å². The van der Waals surface area contributed by atoms with Gasteiger partial charge >= 0.3 is 0 Å². The van der Waals surface area contributed by atoms with E-state index >= 15 is 0 Å². The number of hydrogen-bond acceptors (Lipinski definition) is 4. The molecule has 0 aliphatic rings. The largest absolute Gasteiger partial charge is 0.340 e. The Kier molecular flexibility index (Phi) is 1.97. The van der Waals surface area contributed by atoms with Gasteiger partial charge < -0.3 is 4.98 Å². The van der Waals surface area contributed by atoms with Gasteiger partial charge in [-0.25, -0.2) is 4.98 Å². The summed E-state index contributed by atoms with van der Waals surface area (Å²) < 4.78 is 0.363. The number of hydrogen-bond donors (Lipinski definition) is 1. The predicted octanol–water partition coefficient (Wildman–Crippen LogP) is 2.20. The van der Waals surface area contributed by atoms with Crippen LogP contribution in [0.4, 0.5) is 5.69 Å². The van der Waals surface area contributed by atoms with Crippen LogP contribution < -0.4 is 0 Å². The molecule has 2 aromatic rings. The lowest BCUT2D eigenvalue weighted by Crippen LogP contribution is -1.92. The number of para-hydroxylation sites is 1. The average Bonchev–Trinajstić information content (AvgIpc) is 2.17. The van der Waals surface area contributed by atoms with Gasteiger partial charge in [-0.3, -0.25) is 10.1 Å². The second kappa shape index (κ2) is 3.15. The summed E-state index contributed by atoms with van der Waals surface area (Å²) in [5.41, 5.74) is 0.425. The Balaban J connectivity index is 2.95. The first kappa shape index (κ1) is 8.76. The topological polar surface area (TPSA) is 71.8 Å². The van der Waals surface area contributed by atoms with Crippen molar-refractivity contribution < 1.29 is 4.92 Å². The number of fused-ring (bicyclic) bond motifs is 1. The van der Waals surface area contributed by atoms with Crippen LogP contribution in [0.25, 0.3) is 10.9 Å². The van der Waals surface area contributed by atoms with Crippen LogP contribution in [0.15, 0.2) is 24.5 Å². The van der Waals surface area contributed by atoms with Crippen LogP contribution >= 0.6 is 12.2 Å². The number of nitro groups is 1. The number of nitro benzene ring substituents is 1. The van der Waals surface area contributed by atoms with Crippen molar-refractivity contribution >= 4 is 28.8 Å². The first-order valence-corrected chi connectivity index (χ1v) is 4.22. The normalized spacial score (nSPS) is 10.3. The molecule has 0 saturated carbocycles. The molecule has 1 aromatic carbocycles. The van der Waals surface area contributed by atoms with E-state index in [2.05, 4.69) is 9.97 Å². The molecule has 14 heavy (non-hydrogen) atoms. The summed E-state index contributed by atoms with van der Waals surface area (Å²) in [5.74, 6) is 0. The Bertz CT molecular complexity index is 564. The van der Waals surface area contributed by atoms with Gasteiger partial charge in [-0.2, -0.15) is 0 Å². The standard InChI is InChI=1S/C8H5N3O2S/c12-11(13)6-3-1-2-5-7(6)9-4-10-8(5)14/h1-4H,(H,9,10,14). The van der Waals surface area contributed by atoms with Crippen LogP contribution in [0.3, 0.4) is 0 Å². The van der Waals surface area contributed by atoms with E-state index in [0.29, 0.717) is 15.5 Å². The second-order valence-corrected chi connectivity index (χ2v) is 3.05. The molecule has 0 bridgehead atoms. The van der Waals surface area contributed by atoms with E-state index in [0.717, 1.165) is 0 Å². The first-order valence-electron chi connectivity index (χ1n) is 3.81. The van der Waals surface area contributed by atoms with E-state index in [1.807, 2.05) is 0 Å². The Morgan fingerprint density at radius 1 is 1.50 bits per heavy atom. The molecule has 6 heteroatoms. The van der Waals surface area contributed by atoms with Gasteiger partial charge in [0.1, 0.15) is 10.2 Å². The van der Waals surface area contributed by atoms with Crippen LogP contribution in [-0.4, -0.2) is 14.9 Å². The highest BCUT2D eigenvalue weighted by atomic mass is 32.1. The number of non-ortho nitro benzene ring substituents is 1. The number of nitrogens with zero attached hydrogens (tertiary/aromatic N) is 2. The summed E-state index contributed by atoms with van der Waals surface area (Å²) in [6.45, 7) is 0. The molecule has 70 valence electrons. The summed E-state index contributed by atoms with van der Waals surface area (Å²) in [6, 6.07) is 4.72. The minimum Gasteiger partial charge on any atom is -0.340 e. The van der Waals surface area contributed by atoms with E-state index in [1.165, 1.54) is 12.4 Å². The highest BCUT2D eigenvalue weighted by Crippen LogP contribution is 2.22. The molecule has 1 N–H and O–H groups in total. The molecule has 0 spiro atoms. The lowest BCUT2D eigenvalue weighted by Gasteiger charge is -1.97. The molecular formula is C8H5N3O2S. The van der Waals surface area contributed by atoms with E-state index in [-0.39, 0.29) is 5.69 Å². The third kappa shape index (κ3) is 1.25. The van der Waals surface area contributed by atoms with Crippen molar-refractivity contribution in [3.8, 4) is 0 Å². The fourth-order valence-electron chi connectivity index (χ4n) is 1.25. The van der Waals surface area contributed by atoms with E-state index in [9.17, 15) is 10.1 Å². The van der Waals surface area contributed by atoms with Crippen molar-refractivity contribution in [1.29, 1.82) is 0 Å². The SMILES string of the molecule is O=[N+]([O-])c1cccc2c(=S)nc[nH]c12. The second-order valence-electron chi connectivity index (χ2n) is 2.66. The summed E-state index contributed by atoms with van der Waals surface area (Å²) in [4.78, 5) is 16.8. The van der Waals surface area contributed by atoms with Gasteiger partial charge in [0.2, 0.25) is 0 Å². The summed E-state index contributed by atoms with van der Waals surface area (Å²) in [6.07, 6.45) is 1.36. The van der Waals surface area contributed by atoms with E-state index in [4.69, 9.17) is 12.2 Å². The van der Waals surface area contributed by atoms with Gasteiger partial charge in [0.05, 0.1) is 11.3 Å². The predicted molar refractivity (Wildman–Crippen MR) is 53.6 cm³/mol. The summed E-state index contributed by atoms with van der Waals surface area (Å²) >= 11 is 4.95. The molecule has 0 aliphatic carbocycles. The molecule has 5 nitrogen and oxygen atoms in total. The van der Waals surface area contributed by atoms with Crippen molar-refractivity contribution in [2.75, 3.05) is 0 Å². The van der Waals surface area contributed by atoms with Gasteiger partial charge in [0.25, 0.3) is 5.69 Å². The zero-order chi connectivity index (χ0) is 10.1. The minimum atomic E-state index is -0.451. The third-order valence-electron chi connectivity index (χ3n) is 1.86. The van der Waals surface area contributed by atoms with Crippen LogP contribution in [0, 0.1) is 14.8 Å². The van der Waals surface area contributed by atoms with Crippen molar-refractivity contribution in [2.24, 2.45) is 0 Å². The van der Waals surface area contributed by atoms with Gasteiger partial charge in [-0.1, -0.05) is 18.3 Å². The zero-order valence-electron chi connectivity index (χ0n) is 6.93. The van der Waals surface area contributed by atoms with Gasteiger partial charge in [-0.05, 0) is 6.07 Å². The van der Waals surface area contributed by atoms with E-state index in [1.54, 1.807) is 12.1 Å². The quantitative estimate of drug-likeness (QED) is 0.442. The van der Waals surface area contributed by atoms with Crippen molar-refractivity contribution in [3.05, 3.63) is 39.3 Å². The lowest BCUT2D eigenvalue weighted by molar-refractivity contribution is -0.383. The maximum Gasteiger partial charge on any atom is 0.293 e. The Morgan fingerprint density at radius 3 is 3.00 bits per heavy atom. The molecule has 1 aromatic heterocycles. The molecule has 0 amide bonds. The lowest BCUT2D eigenvalue weighted by atomic mass is 10.2. The minimum absolute atomic E-state index is 0.0102. The Labute approximate surface area is 83.6 Å². The summed E-state index contributed by atoms with van der Waals surface area (Å²) in [5, 5.41) is 11.3. The molecule has 0 fully saturated rings. The third-order valence-corrected chi connectivity index (χ3v) is 2.19. The van der Waals surface area contributed by atoms with Crippen molar-refractivity contribution in [2.45, 2.75) is 0 Å². The highest BCUT2D eigenvalue weighted by Gasteiger charge is 2.11. The molecule has 0 atom stereocenters. The average molecular weight is 207 g/mol. The van der Waals surface area contributed by atoms with Gasteiger partial charge in [-0.15, -0.1) is 0 Å². The van der Waals surface area contributed by atoms with Crippen molar-refractivity contribution in [1.82, 2.24) is 9.97 Å². The number of nitrogens with one attached hydrogen (secondary N) is 1. The van der Waals surface area contributed by atoms with Crippen LogP contribution in [-0.2, 0) is 0 Å². The number of H-pyrrole nitrogens is 1. The molecule has 0 saturated heterocycles. The molecular weight excluding hydrogens is 202 g/mol. The Morgan fingerprint density at radius 2 is 2.29 bits per heavy atom. The molecule has 0 aliphatic heterocycles. The monoisotopic (exact) mass is 207 g/mol. The maximum atomic E-state index is 10.7. The molecule has 2 rings (SSSR count). The zero-order valence-corrected chi connectivity index (χ0v) is 7.75. The Hall–Kier alpha value is -1.82. The highest BCUT2D eigenvalue weighted by molar-refractivity contribution is 7.71. The first-order chi connectivity index (χ1) is 6.70. The van der Waals surface area contributed by atoms with Crippen molar-refractivity contribution in [3.63, 3.8) is 0 Å². The molecule has 1 heterocycles. The van der Waals surface area contributed by atoms with Gasteiger partial charge in [0.15, 0.2) is 0 Å². The number of benzene rings is 1. The fourth-order valence-corrected chi connectivity index (χ4v) is 1.47. The van der Waals surface area contributed by atoms with Crippen LogP contribution in [0.1, 0.15) is 0 Å². The number of aromatic nitrogens is 2. The molecule has 0 unspecified atom stereocenters. The fraction of sp³-hybridized carbons (Fsp3) is 0. The number of aromatic amines is 1. The number of rotatable bonds is 1. The summed E-state index contributed by atoms with van der Waals surface area (Å²) in [7, 11) is 0.